The standard InChI is InChI=1S/C14H11FN4O2/c15-10-4-11(6-12(5-10)19(20)21)17-7-9-8-18-14-13(9)2-1-3-16-14/h1-6,8,17H,7H2,(H,16,18). The number of pyridine rings is 1. The number of nitro benzene ring substituents is 1. The molecule has 1 aromatic carbocycles. The minimum atomic E-state index is -0.646. The fourth-order valence-corrected chi connectivity index (χ4v) is 2.14. The first kappa shape index (κ1) is 13.0. The number of non-ortho nitro benzene ring substituents is 1. The van der Waals surface area contributed by atoms with E-state index >= 15 is 0 Å². The van der Waals surface area contributed by atoms with Gasteiger partial charge in [-0.2, -0.15) is 0 Å². The summed E-state index contributed by atoms with van der Waals surface area (Å²) in [4.78, 5) is 17.3. The second-order valence-electron chi connectivity index (χ2n) is 4.52. The van der Waals surface area contributed by atoms with E-state index in [2.05, 4.69) is 15.3 Å². The number of nitro groups is 1. The van der Waals surface area contributed by atoms with Crippen LogP contribution >= 0.6 is 0 Å². The van der Waals surface area contributed by atoms with Crippen molar-refractivity contribution >= 4 is 22.4 Å². The van der Waals surface area contributed by atoms with E-state index in [1.165, 1.54) is 12.1 Å². The van der Waals surface area contributed by atoms with E-state index in [1.807, 2.05) is 12.1 Å². The van der Waals surface area contributed by atoms with Crippen LogP contribution in [0.5, 0.6) is 0 Å². The van der Waals surface area contributed by atoms with Gasteiger partial charge in [-0.1, -0.05) is 0 Å². The van der Waals surface area contributed by atoms with Crippen LogP contribution in [-0.2, 0) is 6.54 Å². The topological polar surface area (TPSA) is 83.9 Å². The van der Waals surface area contributed by atoms with Crippen LogP contribution in [0.25, 0.3) is 11.0 Å². The van der Waals surface area contributed by atoms with Gasteiger partial charge in [0.1, 0.15) is 11.5 Å². The molecule has 0 atom stereocenters. The van der Waals surface area contributed by atoms with Gasteiger partial charge in [-0.15, -0.1) is 0 Å². The van der Waals surface area contributed by atoms with Crippen LogP contribution in [0, 0.1) is 15.9 Å². The summed E-state index contributed by atoms with van der Waals surface area (Å²) in [5.41, 5.74) is 1.79. The van der Waals surface area contributed by atoms with Gasteiger partial charge in [0.05, 0.1) is 11.0 Å². The van der Waals surface area contributed by atoms with Gasteiger partial charge in [-0.3, -0.25) is 10.1 Å². The Hall–Kier alpha value is -2.96. The molecule has 0 radical (unpaired) electrons. The Balaban J connectivity index is 1.83. The summed E-state index contributed by atoms with van der Waals surface area (Å²) >= 11 is 0. The highest BCUT2D eigenvalue weighted by atomic mass is 19.1. The number of halogens is 1. The average Bonchev–Trinajstić information content (AvgIpc) is 2.88. The molecule has 21 heavy (non-hydrogen) atoms. The molecule has 3 aromatic rings. The van der Waals surface area contributed by atoms with Crippen molar-refractivity contribution < 1.29 is 9.31 Å². The Bertz CT molecular complexity index is 816. The van der Waals surface area contributed by atoms with Crippen molar-refractivity contribution in [3.8, 4) is 0 Å². The fraction of sp³-hybridized carbons (Fsp3) is 0.0714. The first-order valence-corrected chi connectivity index (χ1v) is 6.23. The highest BCUT2D eigenvalue weighted by molar-refractivity contribution is 5.79. The minimum Gasteiger partial charge on any atom is -0.381 e. The molecule has 0 saturated heterocycles. The molecular weight excluding hydrogens is 275 g/mol. The number of aromatic nitrogens is 2. The molecule has 2 N–H and O–H groups in total. The molecule has 0 amide bonds. The zero-order chi connectivity index (χ0) is 14.8. The van der Waals surface area contributed by atoms with E-state index in [-0.39, 0.29) is 5.69 Å². The SMILES string of the molecule is O=[N+]([O-])c1cc(F)cc(NCc2c[nH]c3ncccc23)c1. The predicted molar refractivity (Wildman–Crippen MR) is 76.5 cm³/mol. The van der Waals surface area contributed by atoms with Crippen molar-refractivity contribution in [3.05, 3.63) is 64.2 Å². The quantitative estimate of drug-likeness (QED) is 0.569. The Labute approximate surface area is 118 Å². The summed E-state index contributed by atoms with van der Waals surface area (Å²) in [6, 6.07) is 7.16. The molecule has 0 aliphatic carbocycles. The van der Waals surface area contributed by atoms with E-state index in [0.29, 0.717) is 12.2 Å². The van der Waals surface area contributed by atoms with E-state index in [0.717, 1.165) is 22.7 Å². The summed E-state index contributed by atoms with van der Waals surface area (Å²) in [5, 5.41) is 14.6. The number of nitrogens with zero attached hydrogens (tertiary/aromatic N) is 2. The highest BCUT2D eigenvalue weighted by Crippen LogP contribution is 2.22. The van der Waals surface area contributed by atoms with Crippen LogP contribution in [0.1, 0.15) is 5.56 Å². The molecule has 7 heteroatoms. The van der Waals surface area contributed by atoms with Crippen molar-refractivity contribution in [1.29, 1.82) is 0 Å². The predicted octanol–water partition coefficient (Wildman–Crippen LogP) is 3.22. The average molecular weight is 286 g/mol. The zero-order valence-electron chi connectivity index (χ0n) is 10.8. The van der Waals surface area contributed by atoms with Gasteiger partial charge < -0.3 is 10.3 Å². The summed E-state index contributed by atoms with van der Waals surface area (Å²) in [5.74, 6) is -0.646. The lowest BCUT2D eigenvalue weighted by molar-refractivity contribution is -0.385. The Morgan fingerprint density at radius 2 is 2.24 bits per heavy atom. The monoisotopic (exact) mass is 286 g/mol. The first-order chi connectivity index (χ1) is 10.1. The van der Waals surface area contributed by atoms with Gasteiger partial charge in [0, 0.05) is 36.1 Å². The Morgan fingerprint density at radius 3 is 3.05 bits per heavy atom. The summed E-state index contributed by atoms with van der Waals surface area (Å²) in [6.07, 6.45) is 3.49. The minimum absolute atomic E-state index is 0.280. The third-order valence-corrected chi connectivity index (χ3v) is 3.11. The molecule has 0 saturated carbocycles. The Kier molecular flexibility index (Phi) is 3.23. The number of nitrogens with one attached hydrogen (secondary N) is 2. The third-order valence-electron chi connectivity index (χ3n) is 3.11. The number of anilines is 1. The fourth-order valence-electron chi connectivity index (χ4n) is 2.14. The number of hydrogen-bond donors (Lipinski definition) is 2. The number of benzene rings is 1. The van der Waals surface area contributed by atoms with Gasteiger partial charge >= 0.3 is 0 Å². The second kappa shape index (κ2) is 5.20. The molecule has 6 nitrogen and oxygen atoms in total. The lowest BCUT2D eigenvalue weighted by Crippen LogP contribution is -2.00. The second-order valence-corrected chi connectivity index (χ2v) is 4.52. The largest absolute Gasteiger partial charge is 0.381 e. The van der Waals surface area contributed by atoms with E-state index in [1.54, 1.807) is 12.4 Å². The van der Waals surface area contributed by atoms with Gasteiger partial charge in [-0.05, 0) is 23.8 Å². The van der Waals surface area contributed by atoms with Gasteiger partial charge in [0.15, 0.2) is 0 Å². The Morgan fingerprint density at radius 1 is 1.38 bits per heavy atom. The summed E-state index contributed by atoms with van der Waals surface area (Å²) in [7, 11) is 0. The number of fused-ring (bicyclic) bond motifs is 1. The normalized spacial score (nSPS) is 10.7. The smallest absolute Gasteiger partial charge is 0.274 e. The van der Waals surface area contributed by atoms with Crippen molar-refractivity contribution in [2.45, 2.75) is 6.54 Å². The van der Waals surface area contributed by atoms with E-state index in [9.17, 15) is 14.5 Å². The molecule has 0 aliphatic rings. The molecule has 106 valence electrons. The summed E-state index contributed by atoms with van der Waals surface area (Å²) < 4.78 is 13.3. The zero-order valence-corrected chi connectivity index (χ0v) is 10.8. The molecule has 0 aliphatic heterocycles. The highest BCUT2D eigenvalue weighted by Gasteiger charge is 2.10. The van der Waals surface area contributed by atoms with Crippen LogP contribution < -0.4 is 5.32 Å². The van der Waals surface area contributed by atoms with Crippen LogP contribution in [0.2, 0.25) is 0 Å². The van der Waals surface area contributed by atoms with Gasteiger partial charge in [-0.25, -0.2) is 9.37 Å². The lowest BCUT2D eigenvalue weighted by Gasteiger charge is -2.06. The number of hydrogen-bond acceptors (Lipinski definition) is 4. The van der Waals surface area contributed by atoms with Crippen LogP contribution in [0.15, 0.2) is 42.7 Å². The molecule has 0 unspecified atom stereocenters. The molecule has 0 spiro atoms. The molecule has 0 fully saturated rings. The van der Waals surface area contributed by atoms with Gasteiger partial charge in [0.25, 0.3) is 5.69 Å². The number of rotatable bonds is 4. The number of H-pyrrole nitrogens is 1. The van der Waals surface area contributed by atoms with Gasteiger partial charge in [0.2, 0.25) is 0 Å². The maximum Gasteiger partial charge on any atom is 0.274 e. The van der Waals surface area contributed by atoms with Crippen molar-refractivity contribution in [3.63, 3.8) is 0 Å². The van der Waals surface area contributed by atoms with E-state index < -0.39 is 10.7 Å². The van der Waals surface area contributed by atoms with Crippen LogP contribution in [-0.4, -0.2) is 14.9 Å². The van der Waals surface area contributed by atoms with Crippen molar-refractivity contribution in [1.82, 2.24) is 9.97 Å². The molecule has 0 bridgehead atoms. The van der Waals surface area contributed by atoms with Crippen molar-refractivity contribution in [2.24, 2.45) is 0 Å². The molecule has 2 heterocycles. The van der Waals surface area contributed by atoms with Crippen LogP contribution in [0.3, 0.4) is 0 Å². The first-order valence-electron chi connectivity index (χ1n) is 6.23. The number of aromatic amines is 1. The van der Waals surface area contributed by atoms with Crippen LogP contribution in [0.4, 0.5) is 15.8 Å². The maximum atomic E-state index is 13.3. The maximum absolute atomic E-state index is 13.3. The molecule has 2 aromatic heterocycles. The van der Waals surface area contributed by atoms with E-state index in [4.69, 9.17) is 0 Å². The third kappa shape index (κ3) is 2.66. The van der Waals surface area contributed by atoms with Crippen molar-refractivity contribution in [2.75, 3.05) is 5.32 Å². The lowest BCUT2D eigenvalue weighted by atomic mass is 10.2. The summed E-state index contributed by atoms with van der Waals surface area (Å²) in [6.45, 7) is 0.409. The molecular formula is C14H11FN4O2. The molecule has 3 rings (SSSR count).